The Kier molecular flexibility index (Phi) is 9.05. The third kappa shape index (κ3) is 7.02. The SMILES string of the molecule is NC/C=N\N(COC[C@H](O)/C(=C\CN)c1ccc(F)cc1)Cn1cc(Cl)cn1. The van der Waals surface area contributed by atoms with Crippen molar-refractivity contribution in [3.05, 3.63) is 59.1 Å². The van der Waals surface area contributed by atoms with E-state index in [1.54, 1.807) is 34.1 Å². The highest BCUT2D eigenvalue weighted by Gasteiger charge is 2.14. The lowest BCUT2D eigenvalue weighted by molar-refractivity contribution is -0.0157. The van der Waals surface area contributed by atoms with Crippen molar-refractivity contribution in [1.82, 2.24) is 14.8 Å². The van der Waals surface area contributed by atoms with Gasteiger partial charge in [0, 0.05) is 25.5 Å². The highest BCUT2D eigenvalue weighted by atomic mass is 35.5. The fraction of sp³-hybridized carbons (Fsp3) is 0.333. The maximum absolute atomic E-state index is 13.1. The van der Waals surface area contributed by atoms with Crippen LogP contribution >= 0.6 is 11.6 Å². The van der Waals surface area contributed by atoms with Crippen molar-refractivity contribution < 1.29 is 14.2 Å². The molecule has 28 heavy (non-hydrogen) atoms. The maximum atomic E-state index is 13.1. The van der Waals surface area contributed by atoms with Crippen molar-refractivity contribution in [2.24, 2.45) is 16.6 Å². The lowest BCUT2D eigenvalue weighted by atomic mass is 10.0. The van der Waals surface area contributed by atoms with E-state index in [4.69, 9.17) is 27.8 Å². The molecular formula is C18H24ClFN6O2. The number of rotatable bonds is 11. The Morgan fingerprint density at radius 2 is 2.11 bits per heavy atom. The highest BCUT2D eigenvalue weighted by molar-refractivity contribution is 6.30. The second-order valence-corrected chi connectivity index (χ2v) is 6.23. The van der Waals surface area contributed by atoms with Gasteiger partial charge in [-0.15, -0.1) is 0 Å². The first-order valence-electron chi connectivity index (χ1n) is 8.60. The maximum Gasteiger partial charge on any atom is 0.137 e. The first kappa shape index (κ1) is 22.0. The molecule has 2 rings (SSSR count). The Morgan fingerprint density at radius 3 is 2.71 bits per heavy atom. The molecule has 0 aliphatic heterocycles. The number of hydrogen-bond acceptors (Lipinski definition) is 7. The van der Waals surface area contributed by atoms with Crippen LogP contribution in [0.5, 0.6) is 0 Å². The summed E-state index contributed by atoms with van der Waals surface area (Å²) in [5.74, 6) is -0.353. The summed E-state index contributed by atoms with van der Waals surface area (Å²) in [6, 6.07) is 5.82. The molecule has 1 atom stereocenters. The van der Waals surface area contributed by atoms with Crippen LogP contribution in [-0.2, 0) is 11.4 Å². The zero-order valence-electron chi connectivity index (χ0n) is 15.3. The number of ether oxygens (including phenoxy) is 1. The molecule has 2 aromatic rings. The third-order valence-corrected chi connectivity index (χ3v) is 3.85. The van der Waals surface area contributed by atoms with Crippen molar-refractivity contribution in [1.29, 1.82) is 0 Å². The van der Waals surface area contributed by atoms with Gasteiger partial charge in [0.25, 0.3) is 0 Å². The quantitative estimate of drug-likeness (QED) is 0.292. The highest BCUT2D eigenvalue weighted by Crippen LogP contribution is 2.19. The van der Waals surface area contributed by atoms with Crippen molar-refractivity contribution in [2.75, 3.05) is 26.4 Å². The molecule has 152 valence electrons. The summed E-state index contributed by atoms with van der Waals surface area (Å²) < 4.78 is 20.3. The number of nitrogens with two attached hydrogens (primary N) is 2. The van der Waals surface area contributed by atoms with Gasteiger partial charge in [-0.3, -0.25) is 5.01 Å². The first-order chi connectivity index (χ1) is 13.5. The fourth-order valence-electron chi connectivity index (χ4n) is 2.43. The number of nitrogens with zero attached hydrogens (tertiary/aromatic N) is 4. The van der Waals surface area contributed by atoms with Crippen LogP contribution in [0.3, 0.4) is 0 Å². The minimum Gasteiger partial charge on any atom is -0.386 e. The van der Waals surface area contributed by atoms with E-state index in [0.717, 1.165) is 0 Å². The van der Waals surface area contributed by atoms with Crippen LogP contribution in [0, 0.1) is 5.82 Å². The molecule has 0 bridgehead atoms. The summed E-state index contributed by atoms with van der Waals surface area (Å²) in [7, 11) is 0. The third-order valence-electron chi connectivity index (χ3n) is 3.65. The fourth-order valence-corrected chi connectivity index (χ4v) is 2.59. The lowest BCUT2D eigenvalue weighted by Gasteiger charge is -2.21. The van der Waals surface area contributed by atoms with Gasteiger partial charge in [-0.2, -0.15) is 10.2 Å². The minimum absolute atomic E-state index is 0.00226. The minimum atomic E-state index is -0.937. The summed E-state index contributed by atoms with van der Waals surface area (Å²) in [5.41, 5.74) is 12.3. The standard InChI is InChI=1S/C18H24ClFN6O2/c19-15-9-24-25(10-15)12-26(23-8-7-22)13-28-11-18(27)17(5-6-21)14-1-3-16(20)4-2-14/h1-5,8-10,18,27H,6-7,11-13,21-22H2/b17-5-,23-8-/t18-/m0/s1. The second kappa shape index (κ2) is 11.5. The lowest BCUT2D eigenvalue weighted by Crippen LogP contribution is -2.28. The van der Waals surface area contributed by atoms with Crippen LogP contribution in [0.2, 0.25) is 5.02 Å². The van der Waals surface area contributed by atoms with Gasteiger partial charge in [0.1, 0.15) is 25.3 Å². The van der Waals surface area contributed by atoms with Crippen molar-refractivity contribution in [3.63, 3.8) is 0 Å². The largest absolute Gasteiger partial charge is 0.386 e. The number of benzene rings is 1. The summed E-state index contributed by atoms with van der Waals surface area (Å²) in [5, 5.41) is 20.9. The van der Waals surface area contributed by atoms with E-state index in [-0.39, 0.29) is 32.2 Å². The molecule has 0 fully saturated rings. The Bertz CT molecular complexity index is 781. The number of aromatic nitrogens is 2. The molecule has 10 heteroatoms. The Hall–Kier alpha value is -2.30. The summed E-state index contributed by atoms with van der Waals surface area (Å²) in [6.07, 6.45) is 5.44. The van der Waals surface area contributed by atoms with Crippen LogP contribution < -0.4 is 11.5 Å². The van der Waals surface area contributed by atoms with Crippen LogP contribution in [0.1, 0.15) is 5.56 Å². The average molecular weight is 411 g/mol. The molecule has 0 aliphatic carbocycles. The predicted molar refractivity (Wildman–Crippen MR) is 107 cm³/mol. The molecule has 1 aromatic heterocycles. The average Bonchev–Trinajstić information content (AvgIpc) is 3.09. The zero-order chi connectivity index (χ0) is 20.4. The molecule has 0 unspecified atom stereocenters. The van der Waals surface area contributed by atoms with Crippen molar-refractivity contribution in [3.8, 4) is 0 Å². The Labute approximate surface area is 167 Å². The Morgan fingerprint density at radius 1 is 1.36 bits per heavy atom. The van der Waals surface area contributed by atoms with E-state index in [1.165, 1.54) is 24.5 Å². The molecule has 1 heterocycles. The molecular weight excluding hydrogens is 387 g/mol. The summed E-state index contributed by atoms with van der Waals surface area (Å²) >= 11 is 5.86. The second-order valence-electron chi connectivity index (χ2n) is 5.80. The van der Waals surface area contributed by atoms with E-state index in [0.29, 0.717) is 22.8 Å². The predicted octanol–water partition coefficient (Wildman–Crippen LogP) is 1.26. The zero-order valence-corrected chi connectivity index (χ0v) is 16.0. The van der Waals surface area contributed by atoms with Gasteiger partial charge in [-0.25, -0.2) is 9.07 Å². The van der Waals surface area contributed by atoms with Crippen LogP contribution in [0.15, 0.2) is 47.8 Å². The molecule has 5 N–H and O–H groups in total. The van der Waals surface area contributed by atoms with E-state index >= 15 is 0 Å². The van der Waals surface area contributed by atoms with Gasteiger partial charge >= 0.3 is 0 Å². The summed E-state index contributed by atoms with van der Waals surface area (Å²) in [4.78, 5) is 0. The first-order valence-corrected chi connectivity index (χ1v) is 8.98. The van der Waals surface area contributed by atoms with Crippen molar-refractivity contribution in [2.45, 2.75) is 12.8 Å². The monoisotopic (exact) mass is 410 g/mol. The van der Waals surface area contributed by atoms with Crippen LogP contribution in [0.25, 0.3) is 5.57 Å². The molecule has 0 aliphatic rings. The van der Waals surface area contributed by atoms with Gasteiger partial charge in [-0.05, 0) is 23.3 Å². The van der Waals surface area contributed by atoms with E-state index in [9.17, 15) is 9.50 Å². The number of hydrogen-bond donors (Lipinski definition) is 3. The molecule has 0 spiro atoms. The van der Waals surface area contributed by atoms with Crippen LogP contribution in [-0.4, -0.2) is 58.6 Å². The van der Waals surface area contributed by atoms with E-state index in [1.807, 2.05) is 0 Å². The molecule has 8 nitrogen and oxygen atoms in total. The number of aliphatic hydroxyl groups excluding tert-OH is 1. The van der Waals surface area contributed by atoms with Crippen LogP contribution in [0.4, 0.5) is 4.39 Å². The number of halogens is 2. The van der Waals surface area contributed by atoms with Gasteiger partial charge in [-0.1, -0.05) is 29.8 Å². The van der Waals surface area contributed by atoms with E-state index in [2.05, 4.69) is 10.2 Å². The molecule has 0 radical (unpaired) electrons. The number of hydrazone groups is 1. The summed E-state index contributed by atoms with van der Waals surface area (Å²) in [6.45, 7) is 0.883. The van der Waals surface area contributed by atoms with E-state index < -0.39 is 6.10 Å². The Balaban J connectivity index is 1.95. The van der Waals surface area contributed by atoms with Gasteiger partial charge < -0.3 is 21.3 Å². The topological polar surface area (TPSA) is 115 Å². The molecule has 0 saturated carbocycles. The van der Waals surface area contributed by atoms with Gasteiger partial charge in [0.05, 0.1) is 17.8 Å². The van der Waals surface area contributed by atoms with Gasteiger partial charge in [0.2, 0.25) is 0 Å². The smallest absolute Gasteiger partial charge is 0.137 e. The molecule has 0 amide bonds. The molecule has 0 saturated heterocycles. The number of aliphatic hydroxyl groups is 1. The molecule has 1 aromatic carbocycles. The normalized spacial score (nSPS) is 13.2. The van der Waals surface area contributed by atoms with Crippen molar-refractivity contribution >= 4 is 23.4 Å². The van der Waals surface area contributed by atoms with Gasteiger partial charge in [0.15, 0.2) is 0 Å².